The van der Waals surface area contributed by atoms with Crippen LogP contribution in [0.1, 0.15) is 32.1 Å². The summed E-state index contributed by atoms with van der Waals surface area (Å²) in [6.45, 7) is 0.791. The molecule has 1 aliphatic heterocycles. The molecule has 126 valence electrons. The fourth-order valence-corrected chi connectivity index (χ4v) is 5.99. The van der Waals surface area contributed by atoms with Gasteiger partial charge in [-0.05, 0) is 0 Å². The molecular weight excluding hydrogens is 413 g/mol. The molecule has 4 heteroatoms. The van der Waals surface area contributed by atoms with Crippen LogP contribution in [0.3, 0.4) is 0 Å². The Bertz CT molecular complexity index is 708. The number of hydrogen-bond donors (Lipinski definition) is 0. The molecule has 0 unspecified atom stereocenters. The standard InChI is InChI=1S/C20H21INO2/c23-19-22(15-20(24-19)13-5-2-6-14-20)21-18-11-9-17(10-12-18)16-7-3-1-4-8-16/h1,3-4,7-12H,2,5-6,13-15H2/q-1. The van der Waals surface area contributed by atoms with Gasteiger partial charge < -0.3 is 0 Å². The molecule has 1 heterocycles. The molecule has 2 aliphatic rings. The number of nitrogens with zero attached hydrogens (tertiary/aromatic N) is 1. The summed E-state index contributed by atoms with van der Waals surface area (Å²) in [4.78, 5) is 12.3. The van der Waals surface area contributed by atoms with E-state index in [1.54, 1.807) is 0 Å². The monoisotopic (exact) mass is 434 g/mol. The zero-order chi connectivity index (χ0) is 16.4. The Kier molecular flexibility index (Phi) is 4.48. The van der Waals surface area contributed by atoms with E-state index in [-0.39, 0.29) is 11.7 Å². The first-order valence-electron chi connectivity index (χ1n) is 8.55. The second kappa shape index (κ2) is 6.75. The van der Waals surface area contributed by atoms with E-state index in [0.717, 1.165) is 19.4 Å². The molecule has 1 amide bonds. The molecule has 0 aromatic heterocycles. The number of amides is 1. The Morgan fingerprint density at radius 1 is 0.875 bits per heavy atom. The summed E-state index contributed by atoms with van der Waals surface area (Å²) in [6.07, 6.45) is 5.61. The number of carbonyl (C=O) groups excluding carboxylic acids is 1. The maximum absolute atomic E-state index is 12.3. The molecule has 2 fully saturated rings. The van der Waals surface area contributed by atoms with E-state index in [1.165, 1.54) is 34.0 Å². The molecule has 0 atom stereocenters. The zero-order valence-electron chi connectivity index (χ0n) is 13.6. The predicted octanol–water partition coefficient (Wildman–Crippen LogP) is 1.68. The van der Waals surface area contributed by atoms with E-state index < -0.39 is 21.5 Å². The fraction of sp³-hybridized carbons (Fsp3) is 0.350. The molecule has 1 saturated carbocycles. The van der Waals surface area contributed by atoms with Crippen LogP contribution in [-0.4, -0.2) is 21.4 Å². The van der Waals surface area contributed by atoms with Crippen molar-refractivity contribution >= 4 is 6.09 Å². The van der Waals surface area contributed by atoms with Crippen molar-refractivity contribution in [3.8, 4) is 11.1 Å². The number of carbonyl (C=O) groups is 1. The Morgan fingerprint density at radius 3 is 2.25 bits per heavy atom. The van der Waals surface area contributed by atoms with E-state index in [2.05, 4.69) is 48.5 Å². The van der Waals surface area contributed by atoms with Gasteiger partial charge in [0.15, 0.2) is 0 Å². The van der Waals surface area contributed by atoms with Crippen molar-refractivity contribution in [1.29, 1.82) is 0 Å². The van der Waals surface area contributed by atoms with Crippen molar-refractivity contribution in [2.24, 2.45) is 0 Å². The van der Waals surface area contributed by atoms with Gasteiger partial charge in [0.2, 0.25) is 0 Å². The first-order chi connectivity index (χ1) is 11.7. The Hall–Kier alpha value is -1.56. The quantitative estimate of drug-likeness (QED) is 0.544. The average Bonchev–Trinajstić information content (AvgIpc) is 2.91. The number of ether oxygens (including phenoxy) is 1. The maximum atomic E-state index is 12.3. The summed E-state index contributed by atoms with van der Waals surface area (Å²) in [5.74, 6) is 0. The third kappa shape index (κ3) is 3.29. The molecule has 4 rings (SSSR count). The Labute approximate surface area is 153 Å². The predicted molar refractivity (Wildman–Crippen MR) is 89.6 cm³/mol. The Balaban J connectivity index is 1.45. The van der Waals surface area contributed by atoms with E-state index >= 15 is 0 Å². The van der Waals surface area contributed by atoms with E-state index in [9.17, 15) is 4.79 Å². The van der Waals surface area contributed by atoms with Crippen LogP contribution in [0.2, 0.25) is 0 Å². The summed E-state index contributed by atoms with van der Waals surface area (Å²) in [5, 5.41) is 0. The van der Waals surface area contributed by atoms with Gasteiger partial charge in [-0.15, -0.1) is 0 Å². The van der Waals surface area contributed by atoms with Gasteiger partial charge in [-0.1, -0.05) is 0 Å². The topological polar surface area (TPSA) is 29.5 Å². The van der Waals surface area contributed by atoms with Crippen LogP contribution in [0.15, 0.2) is 54.6 Å². The third-order valence-electron chi connectivity index (χ3n) is 4.84. The first kappa shape index (κ1) is 15.9. The number of benzene rings is 2. The van der Waals surface area contributed by atoms with Crippen LogP contribution in [0, 0.1) is 3.57 Å². The normalized spacial score (nSPS) is 19.7. The van der Waals surface area contributed by atoms with Crippen molar-refractivity contribution in [3.05, 3.63) is 58.2 Å². The summed E-state index contributed by atoms with van der Waals surface area (Å²) in [7, 11) is 0. The fourth-order valence-electron chi connectivity index (χ4n) is 3.55. The zero-order valence-corrected chi connectivity index (χ0v) is 15.7. The summed E-state index contributed by atoms with van der Waals surface area (Å²) >= 11 is -0.494. The minimum atomic E-state index is -0.494. The van der Waals surface area contributed by atoms with Crippen LogP contribution < -0.4 is 21.5 Å². The van der Waals surface area contributed by atoms with Crippen molar-refractivity contribution in [2.75, 3.05) is 6.54 Å². The van der Waals surface area contributed by atoms with Gasteiger partial charge >= 0.3 is 154 Å². The molecule has 1 aliphatic carbocycles. The van der Waals surface area contributed by atoms with E-state index in [4.69, 9.17) is 4.74 Å². The molecule has 3 nitrogen and oxygen atoms in total. The van der Waals surface area contributed by atoms with Gasteiger partial charge in [0.1, 0.15) is 0 Å². The second-order valence-electron chi connectivity index (χ2n) is 6.59. The molecule has 1 saturated heterocycles. The van der Waals surface area contributed by atoms with E-state index in [1.807, 2.05) is 9.18 Å². The van der Waals surface area contributed by atoms with Crippen molar-refractivity contribution < 1.29 is 31.0 Å². The van der Waals surface area contributed by atoms with E-state index in [0.29, 0.717) is 0 Å². The van der Waals surface area contributed by atoms with Crippen LogP contribution in [-0.2, 0) is 4.74 Å². The molecule has 0 bridgehead atoms. The van der Waals surface area contributed by atoms with Gasteiger partial charge in [0.25, 0.3) is 0 Å². The molecule has 2 aromatic carbocycles. The van der Waals surface area contributed by atoms with Crippen molar-refractivity contribution in [1.82, 2.24) is 3.11 Å². The third-order valence-corrected chi connectivity index (χ3v) is 7.44. The van der Waals surface area contributed by atoms with Crippen LogP contribution in [0.4, 0.5) is 4.79 Å². The average molecular weight is 434 g/mol. The number of hydrogen-bond acceptors (Lipinski definition) is 2. The van der Waals surface area contributed by atoms with Gasteiger partial charge in [0, 0.05) is 0 Å². The summed E-state index contributed by atoms with van der Waals surface area (Å²) < 4.78 is 9.02. The van der Waals surface area contributed by atoms with Crippen molar-refractivity contribution in [2.45, 2.75) is 37.7 Å². The SMILES string of the molecule is O=C1OC2(CCCCC2)CN1[I-]c1ccc(-c2ccccc2)cc1. The van der Waals surface area contributed by atoms with Gasteiger partial charge in [0.05, 0.1) is 0 Å². The molecular formula is C20H21INO2-. The van der Waals surface area contributed by atoms with Crippen LogP contribution >= 0.6 is 0 Å². The number of rotatable bonds is 3. The molecule has 0 radical (unpaired) electrons. The molecule has 24 heavy (non-hydrogen) atoms. The van der Waals surface area contributed by atoms with Gasteiger partial charge in [-0.3, -0.25) is 0 Å². The summed E-state index contributed by atoms with van der Waals surface area (Å²) in [6, 6.07) is 19.0. The van der Waals surface area contributed by atoms with Crippen LogP contribution in [0.25, 0.3) is 11.1 Å². The first-order valence-corrected chi connectivity index (χ1v) is 10.6. The Morgan fingerprint density at radius 2 is 1.54 bits per heavy atom. The molecule has 2 aromatic rings. The summed E-state index contributed by atoms with van der Waals surface area (Å²) in [5.41, 5.74) is 2.26. The number of halogens is 1. The van der Waals surface area contributed by atoms with Gasteiger partial charge in [-0.2, -0.15) is 0 Å². The molecule has 1 spiro atoms. The minimum absolute atomic E-state index is 0.100. The molecule has 0 N–H and O–H groups in total. The van der Waals surface area contributed by atoms with Crippen LogP contribution in [0.5, 0.6) is 0 Å². The van der Waals surface area contributed by atoms with Gasteiger partial charge in [-0.25, -0.2) is 0 Å². The second-order valence-corrected chi connectivity index (χ2v) is 9.48. The van der Waals surface area contributed by atoms with Crippen molar-refractivity contribution in [3.63, 3.8) is 0 Å².